The van der Waals surface area contributed by atoms with E-state index in [-0.39, 0.29) is 18.0 Å². The minimum absolute atomic E-state index is 0.0351. The van der Waals surface area contributed by atoms with Crippen molar-refractivity contribution in [3.05, 3.63) is 35.9 Å². The molecule has 1 aromatic rings. The molecule has 1 saturated heterocycles. The van der Waals surface area contributed by atoms with Gasteiger partial charge >= 0.3 is 0 Å². The molecule has 1 amide bonds. The number of hydrogen-bond acceptors (Lipinski definition) is 2. The highest BCUT2D eigenvalue weighted by molar-refractivity contribution is 5.82. The minimum atomic E-state index is -0.0351. The lowest BCUT2D eigenvalue weighted by molar-refractivity contribution is -0.124. The van der Waals surface area contributed by atoms with E-state index in [4.69, 9.17) is 0 Å². The lowest BCUT2D eigenvalue weighted by Crippen LogP contribution is -2.49. The Morgan fingerprint density at radius 2 is 2.05 bits per heavy atom. The highest BCUT2D eigenvalue weighted by Crippen LogP contribution is 2.22. The lowest BCUT2D eigenvalue weighted by Gasteiger charge is -2.29. The Hall–Kier alpha value is -1.35. The Bertz CT molecular complexity index is 444. The van der Waals surface area contributed by atoms with Gasteiger partial charge in [-0.3, -0.25) is 4.79 Å². The Kier molecular flexibility index (Phi) is 5.80. The van der Waals surface area contributed by atoms with Gasteiger partial charge in [0.25, 0.3) is 0 Å². The van der Waals surface area contributed by atoms with Gasteiger partial charge in [-0.15, -0.1) is 0 Å². The first-order valence-electron chi connectivity index (χ1n) is 8.15. The number of piperidine rings is 1. The fourth-order valence-corrected chi connectivity index (χ4v) is 3.01. The molecule has 0 bridgehead atoms. The number of hydrogen-bond donors (Lipinski definition) is 2. The molecule has 1 aromatic carbocycles. The number of benzene rings is 1. The standard InChI is InChI=1S/C18H28N2O/c1-13(2)11-16(15-7-5-4-6-8-15)20-18(21)17-12-14(3)9-10-19-17/h4-8,13-14,16-17,19H,9-12H2,1-3H3,(H,20,21). The molecule has 1 aliphatic heterocycles. The maximum absolute atomic E-state index is 12.5. The molecule has 2 N–H and O–H groups in total. The van der Waals surface area contributed by atoms with Crippen LogP contribution in [0.4, 0.5) is 0 Å². The molecule has 116 valence electrons. The molecule has 3 nitrogen and oxygen atoms in total. The van der Waals surface area contributed by atoms with Crippen LogP contribution in [0.2, 0.25) is 0 Å². The van der Waals surface area contributed by atoms with E-state index in [9.17, 15) is 4.79 Å². The Morgan fingerprint density at radius 1 is 1.33 bits per heavy atom. The second-order valence-corrected chi connectivity index (χ2v) is 6.74. The van der Waals surface area contributed by atoms with E-state index in [0.29, 0.717) is 11.8 Å². The molecule has 0 saturated carbocycles. The van der Waals surface area contributed by atoms with Crippen LogP contribution in [0, 0.1) is 11.8 Å². The average Bonchev–Trinajstić information content (AvgIpc) is 2.47. The van der Waals surface area contributed by atoms with Gasteiger partial charge in [-0.05, 0) is 43.2 Å². The molecule has 21 heavy (non-hydrogen) atoms. The number of nitrogens with one attached hydrogen (secondary N) is 2. The van der Waals surface area contributed by atoms with Crippen LogP contribution in [0.15, 0.2) is 30.3 Å². The van der Waals surface area contributed by atoms with Crippen molar-refractivity contribution in [1.29, 1.82) is 0 Å². The first-order valence-corrected chi connectivity index (χ1v) is 8.15. The maximum atomic E-state index is 12.5. The van der Waals surface area contributed by atoms with Crippen LogP contribution in [-0.2, 0) is 4.79 Å². The van der Waals surface area contributed by atoms with Crippen molar-refractivity contribution in [3.8, 4) is 0 Å². The molecular weight excluding hydrogens is 260 g/mol. The smallest absolute Gasteiger partial charge is 0.237 e. The van der Waals surface area contributed by atoms with Crippen molar-refractivity contribution >= 4 is 5.91 Å². The second-order valence-electron chi connectivity index (χ2n) is 6.74. The second kappa shape index (κ2) is 7.60. The minimum Gasteiger partial charge on any atom is -0.348 e. The summed E-state index contributed by atoms with van der Waals surface area (Å²) in [4.78, 5) is 12.5. The fourth-order valence-electron chi connectivity index (χ4n) is 3.01. The van der Waals surface area contributed by atoms with Crippen molar-refractivity contribution in [2.75, 3.05) is 6.54 Å². The van der Waals surface area contributed by atoms with Crippen molar-refractivity contribution in [3.63, 3.8) is 0 Å². The van der Waals surface area contributed by atoms with Crippen LogP contribution in [-0.4, -0.2) is 18.5 Å². The third-order valence-corrected chi connectivity index (χ3v) is 4.21. The summed E-state index contributed by atoms with van der Waals surface area (Å²) in [7, 11) is 0. The summed E-state index contributed by atoms with van der Waals surface area (Å²) < 4.78 is 0. The number of carbonyl (C=O) groups excluding carboxylic acids is 1. The zero-order valence-corrected chi connectivity index (χ0v) is 13.4. The summed E-state index contributed by atoms with van der Waals surface area (Å²) >= 11 is 0. The van der Waals surface area contributed by atoms with Crippen molar-refractivity contribution < 1.29 is 4.79 Å². The largest absolute Gasteiger partial charge is 0.348 e. The van der Waals surface area contributed by atoms with E-state index >= 15 is 0 Å². The molecule has 0 aliphatic carbocycles. The Morgan fingerprint density at radius 3 is 2.67 bits per heavy atom. The van der Waals surface area contributed by atoms with Gasteiger partial charge < -0.3 is 10.6 Å². The van der Waals surface area contributed by atoms with Crippen molar-refractivity contribution in [2.45, 2.75) is 52.1 Å². The van der Waals surface area contributed by atoms with Gasteiger partial charge in [0.05, 0.1) is 12.1 Å². The van der Waals surface area contributed by atoms with Crippen LogP contribution in [0.3, 0.4) is 0 Å². The Balaban J connectivity index is 2.02. The van der Waals surface area contributed by atoms with E-state index < -0.39 is 0 Å². The van der Waals surface area contributed by atoms with E-state index in [1.165, 1.54) is 5.56 Å². The summed E-state index contributed by atoms with van der Waals surface area (Å²) in [5, 5.41) is 6.60. The molecule has 0 radical (unpaired) electrons. The zero-order chi connectivity index (χ0) is 15.2. The molecule has 1 aliphatic rings. The van der Waals surface area contributed by atoms with Gasteiger partial charge in [0.2, 0.25) is 5.91 Å². The van der Waals surface area contributed by atoms with Gasteiger partial charge in [-0.2, -0.15) is 0 Å². The van der Waals surface area contributed by atoms with Gasteiger partial charge in [0, 0.05) is 0 Å². The molecule has 3 unspecified atom stereocenters. The average molecular weight is 288 g/mol. The van der Waals surface area contributed by atoms with E-state index in [1.807, 2.05) is 18.2 Å². The van der Waals surface area contributed by atoms with Crippen LogP contribution >= 0.6 is 0 Å². The lowest BCUT2D eigenvalue weighted by atomic mass is 9.92. The summed E-state index contributed by atoms with van der Waals surface area (Å²) in [6.07, 6.45) is 3.07. The summed E-state index contributed by atoms with van der Waals surface area (Å²) in [5.41, 5.74) is 1.20. The quantitative estimate of drug-likeness (QED) is 0.873. The van der Waals surface area contributed by atoms with Gasteiger partial charge in [-0.25, -0.2) is 0 Å². The number of rotatable bonds is 5. The van der Waals surface area contributed by atoms with Crippen molar-refractivity contribution in [2.24, 2.45) is 11.8 Å². The molecule has 3 atom stereocenters. The highest BCUT2D eigenvalue weighted by atomic mass is 16.2. The van der Waals surface area contributed by atoms with Gasteiger partial charge in [0.15, 0.2) is 0 Å². The normalized spacial score (nSPS) is 23.8. The van der Waals surface area contributed by atoms with Gasteiger partial charge in [0.1, 0.15) is 0 Å². The predicted octanol–water partition coefficient (Wildman–Crippen LogP) is 3.28. The molecule has 2 rings (SSSR count). The zero-order valence-electron chi connectivity index (χ0n) is 13.4. The third-order valence-electron chi connectivity index (χ3n) is 4.21. The van der Waals surface area contributed by atoms with Crippen molar-refractivity contribution in [1.82, 2.24) is 10.6 Å². The first kappa shape index (κ1) is 16.0. The highest BCUT2D eigenvalue weighted by Gasteiger charge is 2.26. The summed E-state index contributed by atoms with van der Waals surface area (Å²) in [6, 6.07) is 10.4. The fraction of sp³-hybridized carbons (Fsp3) is 0.611. The van der Waals surface area contributed by atoms with E-state index in [2.05, 4.69) is 43.5 Å². The van der Waals surface area contributed by atoms with Crippen LogP contribution in [0.5, 0.6) is 0 Å². The molecule has 0 spiro atoms. The molecule has 0 aromatic heterocycles. The third kappa shape index (κ3) is 4.85. The molecular formula is C18H28N2O. The van der Waals surface area contributed by atoms with Gasteiger partial charge in [-0.1, -0.05) is 51.1 Å². The van der Waals surface area contributed by atoms with Crippen LogP contribution in [0.1, 0.15) is 51.6 Å². The molecule has 3 heteroatoms. The topological polar surface area (TPSA) is 41.1 Å². The van der Waals surface area contributed by atoms with E-state index in [1.54, 1.807) is 0 Å². The predicted molar refractivity (Wildman–Crippen MR) is 87.0 cm³/mol. The Labute approximate surface area is 128 Å². The number of carbonyl (C=O) groups is 1. The first-order chi connectivity index (χ1) is 10.1. The number of amides is 1. The summed E-state index contributed by atoms with van der Waals surface area (Å²) in [6.45, 7) is 7.56. The molecule has 1 heterocycles. The van der Waals surface area contributed by atoms with Crippen LogP contribution in [0.25, 0.3) is 0 Å². The monoisotopic (exact) mass is 288 g/mol. The molecule has 1 fully saturated rings. The SMILES string of the molecule is CC(C)CC(NC(=O)C1CC(C)CCN1)c1ccccc1. The maximum Gasteiger partial charge on any atom is 0.237 e. The van der Waals surface area contributed by atoms with E-state index in [0.717, 1.165) is 25.8 Å². The van der Waals surface area contributed by atoms with Crippen LogP contribution < -0.4 is 10.6 Å². The summed E-state index contributed by atoms with van der Waals surface area (Å²) in [5.74, 6) is 1.33.